The molecule has 0 aliphatic heterocycles. The molecule has 1 heterocycles. The minimum atomic E-state index is -0.195. The highest BCUT2D eigenvalue weighted by Crippen LogP contribution is 2.07. The van der Waals surface area contributed by atoms with Crippen LogP contribution in [-0.2, 0) is 11.3 Å². The topological polar surface area (TPSA) is 69.0 Å². The van der Waals surface area contributed by atoms with Gasteiger partial charge >= 0.3 is 0 Å². The van der Waals surface area contributed by atoms with E-state index >= 15 is 0 Å². The molecule has 3 aromatic rings. The van der Waals surface area contributed by atoms with Crippen molar-refractivity contribution in [1.82, 2.24) is 20.3 Å². The van der Waals surface area contributed by atoms with Crippen molar-refractivity contribution in [3.05, 3.63) is 84.2 Å². The number of benzene rings is 2. The Morgan fingerprint density at radius 1 is 1.08 bits per heavy atom. The normalized spacial score (nSPS) is 10.8. The molecule has 0 spiro atoms. The molecule has 6 nitrogen and oxygen atoms in total. The van der Waals surface area contributed by atoms with Gasteiger partial charge in [-0.15, -0.1) is 5.10 Å². The average molecular weight is 348 g/mol. The molecule has 2 aromatic carbocycles. The van der Waals surface area contributed by atoms with Gasteiger partial charge in [0.1, 0.15) is 18.1 Å². The molecular weight excluding hydrogens is 328 g/mol. The van der Waals surface area contributed by atoms with E-state index in [1.807, 2.05) is 60.7 Å². The monoisotopic (exact) mass is 348 g/mol. The second-order valence-corrected chi connectivity index (χ2v) is 5.61. The van der Waals surface area contributed by atoms with Crippen molar-refractivity contribution in [3.63, 3.8) is 0 Å². The van der Waals surface area contributed by atoms with Crippen LogP contribution in [0, 0.1) is 0 Å². The van der Waals surface area contributed by atoms with Gasteiger partial charge in [0.2, 0.25) is 5.91 Å². The van der Waals surface area contributed by atoms with Crippen LogP contribution in [0.2, 0.25) is 0 Å². The van der Waals surface area contributed by atoms with E-state index in [9.17, 15) is 4.79 Å². The van der Waals surface area contributed by atoms with Crippen molar-refractivity contribution in [3.8, 4) is 5.75 Å². The minimum Gasteiger partial charge on any atom is -0.492 e. The van der Waals surface area contributed by atoms with Crippen LogP contribution in [0.25, 0.3) is 6.08 Å². The summed E-state index contributed by atoms with van der Waals surface area (Å²) < 4.78 is 7.25. The lowest BCUT2D eigenvalue weighted by molar-refractivity contribution is -0.116. The van der Waals surface area contributed by atoms with Gasteiger partial charge in [-0.25, -0.2) is 4.68 Å². The number of nitrogens with zero attached hydrogens (tertiary/aromatic N) is 3. The molecule has 0 radical (unpaired) electrons. The number of aromatic nitrogens is 3. The third kappa shape index (κ3) is 5.59. The summed E-state index contributed by atoms with van der Waals surface area (Å²) >= 11 is 0. The van der Waals surface area contributed by atoms with E-state index in [-0.39, 0.29) is 5.91 Å². The highest BCUT2D eigenvalue weighted by atomic mass is 16.5. The van der Waals surface area contributed by atoms with Gasteiger partial charge in [-0.3, -0.25) is 4.79 Å². The fourth-order valence-electron chi connectivity index (χ4n) is 2.32. The summed E-state index contributed by atoms with van der Waals surface area (Å²) in [5, 5.41) is 10.9. The van der Waals surface area contributed by atoms with Gasteiger partial charge in [0, 0.05) is 6.08 Å². The lowest BCUT2D eigenvalue weighted by Gasteiger charge is -2.05. The zero-order valence-electron chi connectivity index (χ0n) is 14.3. The Hall–Kier alpha value is -3.41. The van der Waals surface area contributed by atoms with E-state index < -0.39 is 0 Å². The molecule has 26 heavy (non-hydrogen) atoms. The van der Waals surface area contributed by atoms with Crippen LogP contribution in [0.5, 0.6) is 5.75 Å². The van der Waals surface area contributed by atoms with Crippen LogP contribution in [0.15, 0.2) is 72.9 Å². The van der Waals surface area contributed by atoms with Gasteiger partial charge in [0.25, 0.3) is 0 Å². The Morgan fingerprint density at radius 2 is 1.81 bits per heavy atom. The van der Waals surface area contributed by atoms with Crippen molar-refractivity contribution >= 4 is 12.0 Å². The number of ether oxygens (including phenoxy) is 1. The van der Waals surface area contributed by atoms with E-state index in [2.05, 4.69) is 15.6 Å². The van der Waals surface area contributed by atoms with E-state index in [0.29, 0.717) is 25.4 Å². The van der Waals surface area contributed by atoms with E-state index in [1.54, 1.807) is 17.0 Å². The third-order valence-corrected chi connectivity index (χ3v) is 3.56. The first-order valence-corrected chi connectivity index (χ1v) is 8.37. The van der Waals surface area contributed by atoms with Crippen molar-refractivity contribution in [2.24, 2.45) is 0 Å². The number of rotatable bonds is 8. The Morgan fingerprint density at radius 3 is 2.58 bits per heavy atom. The molecule has 0 saturated heterocycles. The van der Waals surface area contributed by atoms with Crippen LogP contribution in [0.4, 0.5) is 0 Å². The van der Waals surface area contributed by atoms with Crippen molar-refractivity contribution in [2.75, 3.05) is 13.2 Å². The summed E-state index contributed by atoms with van der Waals surface area (Å²) in [6.07, 6.45) is 4.89. The van der Waals surface area contributed by atoms with Gasteiger partial charge in [-0.1, -0.05) is 53.7 Å². The third-order valence-electron chi connectivity index (χ3n) is 3.56. The lowest BCUT2D eigenvalue weighted by atomic mass is 10.2. The zero-order chi connectivity index (χ0) is 18.0. The molecule has 0 atom stereocenters. The molecule has 0 aliphatic rings. The van der Waals surface area contributed by atoms with Crippen LogP contribution in [-0.4, -0.2) is 34.1 Å². The number of hydrogen-bond donors (Lipinski definition) is 1. The quantitative estimate of drug-likeness (QED) is 0.502. The van der Waals surface area contributed by atoms with Gasteiger partial charge in [-0.2, -0.15) is 0 Å². The molecular formula is C20H20N4O2. The van der Waals surface area contributed by atoms with Gasteiger partial charge in [-0.05, 0) is 23.8 Å². The molecule has 0 unspecified atom stereocenters. The molecule has 3 rings (SSSR count). The Labute approximate surface area is 152 Å². The first kappa shape index (κ1) is 17.4. The van der Waals surface area contributed by atoms with Crippen LogP contribution in [0.3, 0.4) is 0 Å². The summed E-state index contributed by atoms with van der Waals surface area (Å²) in [7, 11) is 0. The zero-order valence-corrected chi connectivity index (χ0v) is 14.3. The number of hydrogen-bond acceptors (Lipinski definition) is 4. The molecule has 6 heteroatoms. The van der Waals surface area contributed by atoms with Crippen LogP contribution < -0.4 is 10.1 Å². The second-order valence-electron chi connectivity index (χ2n) is 5.61. The maximum atomic E-state index is 11.8. The molecule has 1 N–H and O–H groups in total. The maximum absolute atomic E-state index is 11.8. The predicted octanol–water partition coefficient (Wildman–Crippen LogP) is 2.53. The van der Waals surface area contributed by atoms with Crippen molar-refractivity contribution in [2.45, 2.75) is 6.54 Å². The molecule has 132 valence electrons. The molecule has 1 amide bonds. The summed E-state index contributed by atoms with van der Waals surface area (Å²) in [4.78, 5) is 11.8. The highest BCUT2D eigenvalue weighted by Gasteiger charge is 2.00. The van der Waals surface area contributed by atoms with E-state index in [0.717, 1.165) is 11.3 Å². The fourth-order valence-corrected chi connectivity index (χ4v) is 2.32. The predicted molar refractivity (Wildman–Crippen MR) is 99.5 cm³/mol. The number of para-hydroxylation sites is 1. The SMILES string of the molecule is O=C(/C=C/c1cn(Cc2ccccc2)nn1)NCCOc1ccccc1. The summed E-state index contributed by atoms with van der Waals surface area (Å²) in [5.74, 6) is 0.589. The summed E-state index contributed by atoms with van der Waals surface area (Å²) in [6.45, 7) is 1.49. The van der Waals surface area contributed by atoms with Gasteiger partial charge in [0.05, 0.1) is 19.3 Å². The lowest BCUT2D eigenvalue weighted by Crippen LogP contribution is -2.26. The summed E-state index contributed by atoms with van der Waals surface area (Å²) in [6, 6.07) is 19.5. The largest absolute Gasteiger partial charge is 0.492 e. The van der Waals surface area contributed by atoms with Crippen molar-refractivity contribution < 1.29 is 9.53 Å². The van der Waals surface area contributed by atoms with Crippen LogP contribution in [0.1, 0.15) is 11.3 Å². The van der Waals surface area contributed by atoms with Crippen molar-refractivity contribution in [1.29, 1.82) is 0 Å². The number of amides is 1. The molecule has 1 aromatic heterocycles. The Kier molecular flexibility index (Phi) is 6.14. The standard InChI is InChI=1S/C20H20N4O2/c25-20(21-13-14-26-19-9-5-2-6-10-19)12-11-18-16-24(23-22-18)15-17-7-3-1-4-8-17/h1-12,16H,13-15H2,(H,21,25)/b12-11+. The van der Waals surface area contributed by atoms with E-state index in [1.165, 1.54) is 6.08 Å². The maximum Gasteiger partial charge on any atom is 0.244 e. The fraction of sp³-hybridized carbons (Fsp3) is 0.150. The summed E-state index contributed by atoms with van der Waals surface area (Å²) in [5.41, 5.74) is 1.78. The number of carbonyl (C=O) groups is 1. The smallest absolute Gasteiger partial charge is 0.244 e. The second kappa shape index (κ2) is 9.17. The molecule has 0 bridgehead atoms. The molecule has 0 fully saturated rings. The highest BCUT2D eigenvalue weighted by molar-refractivity contribution is 5.91. The Bertz CT molecular complexity index is 845. The first-order chi connectivity index (χ1) is 12.8. The number of nitrogens with one attached hydrogen (secondary N) is 1. The molecule has 0 aliphatic carbocycles. The van der Waals surface area contributed by atoms with Gasteiger partial charge < -0.3 is 10.1 Å². The number of carbonyl (C=O) groups excluding carboxylic acids is 1. The van der Waals surface area contributed by atoms with Crippen LogP contribution >= 0.6 is 0 Å². The van der Waals surface area contributed by atoms with E-state index in [4.69, 9.17) is 4.74 Å². The Balaban J connectivity index is 1.40. The first-order valence-electron chi connectivity index (χ1n) is 8.37. The molecule has 0 saturated carbocycles. The average Bonchev–Trinajstić information content (AvgIpc) is 3.12. The minimum absolute atomic E-state index is 0.195. The van der Waals surface area contributed by atoms with Gasteiger partial charge in [0.15, 0.2) is 0 Å².